The number of piperazine rings is 1. The number of nitrogens with one attached hydrogen (secondary N) is 1. The Balaban J connectivity index is 1.30. The maximum absolute atomic E-state index is 13.2. The molecule has 1 aliphatic heterocycles. The summed E-state index contributed by atoms with van der Waals surface area (Å²) in [7, 11) is 0. The molecule has 1 saturated heterocycles. The van der Waals surface area contributed by atoms with Crippen molar-refractivity contribution in [2.45, 2.75) is 26.5 Å². The van der Waals surface area contributed by atoms with Gasteiger partial charge in [0, 0.05) is 55.4 Å². The van der Waals surface area contributed by atoms with Gasteiger partial charge in [-0.05, 0) is 61.9 Å². The predicted octanol–water partition coefficient (Wildman–Crippen LogP) is 3.68. The van der Waals surface area contributed by atoms with Crippen molar-refractivity contribution in [1.29, 1.82) is 0 Å². The number of halogens is 2. The normalized spacial score (nSPS) is 14.4. The second-order valence-electron chi connectivity index (χ2n) is 9.58. The standard InChI is InChI=1S/C28H29F2N7O3/c1-17-15-20(5-8-22(17)27(39)36-13-11-35(12-14-36)26(38)18(2)31)34-24-25-33-16-23(37(25)10-9-32-24)19-3-6-21(7-4-19)40-28(29)30/h3-10,15-16,18,28H,11-14,31H2,1-2H3,(H,32,34). The Morgan fingerprint density at radius 3 is 2.38 bits per heavy atom. The Morgan fingerprint density at radius 1 is 1.02 bits per heavy atom. The van der Waals surface area contributed by atoms with Crippen molar-refractivity contribution >= 4 is 29.0 Å². The van der Waals surface area contributed by atoms with Gasteiger partial charge in [-0.2, -0.15) is 8.78 Å². The molecule has 1 fully saturated rings. The van der Waals surface area contributed by atoms with Crippen LogP contribution in [0.5, 0.6) is 5.75 Å². The molecule has 3 heterocycles. The van der Waals surface area contributed by atoms with Gasteiger partial charge in [0.25, 0.3) is 5.91 Å². The number of nitrogens with zero attached hydrogens (tertiary/aromatic N) is 5. The zero-order valence-electron chi connectivity index (χ0n) is 22.1. The molecule has 12 heteroatoms. The minimum absolute atomic E-state index is 0.0764. The van der Waals surface area contributed by atoms with Gasteiger partial charge in [0.2, 0.25) is 5.91 Å². The highest BCUT2D eigenvalue weighted by atomic mass is 19.3. The molecule has 0 saturated carbocycles. The monoisotopic (exact) mass is 549 g/mol. The number of nitrogens with two attached hydrogens (primary N) is 1. The zero-order chi connectivity index (χ0) is 28.4. The predicted molar refractivity (Wildman–Crippen MR) is 146 cm³/mol. The van der Waals surface area contributed by atoms with Crippen LogP contribution in [0, 0.1) is 6.92 Å². The van der Waals surface area contributed by atoms with E-state index in [0.717, 1.165) is 22.5 Å². The summed E-state index contributed by atoms with van der Waals surface area (Å²) < 4.78 is 31.2. The minimum atomic E-state index is -2.88. The summed E-state index contributed by atoms with van der Waals surface area (Å²) in [4.78, 5) is 37.7. The van der Waals surface area contributed by atoms with Crippen LogP contribution in [0.3, 0.4) is 0 Å². The van der Waals surface area contributed by atoms with E-state index in [1.165, 1.54) is 12.1 Å². The van der Waals surface area contributed by atoms with Crippen molar-refractivity contribution in [3.8, 4) is 17.0 Å². The van der Waals surface area contributed by atoms with Crippen LogP contribution >= 0.6 is 0 Å². The Kier molecular flexibility index (Phi) is 7.60. The van der Waals surface area contributed by atoms with Crippen molar-refractivity contribution in [1.82, 2.24) is 24.2 Å². The first-order chi connectivity index (χ1) is 19.2. The summed E-state index contributed by atoms with van der Waals surface area (Å²) in [5.41, 5.74) is 9.92. The van der Waals surface area contributed by atoms with Gasteiger partial charge in [0.05, 0.1) is 17.9 Å². The van der Waals surface area contributed by atoms with E-state index in [1.54, 1.807) is 53.5 Å². The zero-order valence-corrected chi connectivity index (χ0v) is 22.1. The summed E-state index contributed by atoms with van der Waals surface area (Å²) in [6.45, 7) is 2.47. The maximum atomic E-state index is 13.2. The van der Waals surface area contributed by atoms with E-state index >= 15 is 0 Å². The quantitative estimate of drug-likeness (QED) is 0.361. The van der Waals surface area contributed by atoms with Crippen molar-refractivity contribution in [3.63, 3.8) is 0 Å². The number of carbonyl (C=O) groups is 2. The molecule has 3 N–H and O–H groups in total. The van der Waals surface area contributed by atoms with Crippen LogP contribution in [-0.2, 0) is 4.79 Å². The first-order valence-electron chi connectivity index (χ1n) is 12.8. The molecule has 0 aliphatic carbocycles. The maximum Gasteiger partial charge on any atom is 0.387 e. The average molecular weight is 550 g/mol. The first kappa shape index (κ1) is 27.0. The lowest BCUT2D eigenvalue weighted by molar-refractivity contribution is -0.133. The molecule has 1 unspecified atom stereocenters. The molecule has 40 heavy (non-hydrogen) atoms. The second kappa shape index (κ2) is 11.3. The number of amides is 2. The van der Waals surface area contributed by atoms with E-state index in [1.807, 2.05) is 23.5 Å². The van der Waals surface area contributed by atoms with Crippen LogP contribution in [0.15, 0.2) is 61.1 Å². The minimum Gasteiger partial charge on any atom is -0.435 e. The molecule has 1 aliphatic rings. The lowest BCUT2D eigenvalue weighted by atomic mass is 10.1. The summed E-state index contributed by atoms with van der Waals surface area (Å²) in [6, 6.07) is 11.2. The number of aromatic nitrogens is 3. The molecule has 2 aromatic heterocycles. The summed E-state index contributed by atoms with van der Waals surface area (Å²) >= 11 is 0. The molecule has 2 amide bonds. The van der Waals surface area contributed by atoms with Crippen LogP contribution in [0.2, 0.25) is 0 Å². The summed E-state index contributed by atoms with van der Waals surface area (Å²) in [6.07, 6.45) is 5.08. The largest absolute Gasteiger partial charge is 0.435 e. The molecule has 0 radical (unpaired) electrons. The van der Waals surface area contributed by atoms with Gasteiger partial charge in [-0.1, -0.05) is 0 Å². The third-order valence-corrected chi connectivity index (χ3v) is 6.79. The van der Waals surface area contributed by atoms with Gasteiger partial charge in [-0.25, -0.2) is 9.97 Å². The molecule has 4 aromatic rings. The average Bonchev–Trinajstić information content (AvgIpc) is 3.38. The first-order valence-corrected chi connectivity index (χ1v) is 12.8. The molecule has 0 spiro atoms. The Morgan fingerprint density at radius 2 is 1.73 bits per heavy atom. The van der Waals surface area contributed by atoms with Crippen molar-refractivity contribution < 1.29 is 23.1 Å². The van der Waals surface area contributed by atoms with E-state index in [4.69, 9.17) is 5.73 Å². The molecule has 5 rings (SSSR count). The van der Waals surface area contributed by atoms with Gasteiger partial charge in [0.15, 0.2) is 11.5 Å². The molecule has 10 nitrogen and oxygen atoms in total. The van der Waals surface area contributed by atoms with Crippen LogP contribution in [-0.4, -0.2) is 74.8 Å². The van der Waals surface area contributed by atoms with Crippen molar-refractivity contribution in [2.24, 2.45) is 5.73 Å². The Hall–Kier alpha value is -4.58. The topological polar surface area (TPSA) is 118 Å². The number of benzene rings is 2. The number of rotatable bonds is 7. The summed E-state index contributed by atoms with van der Waals surface area (Å²) in [5.74, 6) is 0.400. The number of hydrogen-bond acceptors (Lipinski definition) is 7. The third kappa shape index (κ3) is 5.57. The van der Waals surface area contributed by atoms with Gasteiger partial charge in [-0.15, -0.1) is 0 Å². The van der Waals surface area contributed by atoms with Crippen LogP contribution in [0.4, 0.5) is 20.3 Å². The van der Waals surface area contributed by atoms with Crippen LogP contribution in [0.1, 0.15) is 22.8 Å². The van der Waals surface area contributed by atoms with E-state index in [-0.39, 0.29) is 17.6 Å². The molecule has 0 bridgehead atoms. The second-order valence-corrected chi connectivity index (χ2v) is 9.58. The highest BCUT2D eigenvalue weighted by molar-refractivity contribution is 5.96. The fraction of sp³-hybridized carbons (Fsp3) is 0.286. The smallest absolute Gasteiger partial charge is 0.387 e. The number of hydrogen-bond donors (Lipinski definition) is 2. The molecule has 2 aromatic carbocycles. The lowest BCUT2D eigenvalue weighted by Crippen LogP contribution is -2.53. The Bertz CT molecular complexity index is 1530. The van der Waals surface area contributed by atoms with E-state index in [0.29, 0.717) is 43.2 Å². The lowest BCUT2D eigenvalue weighted by Gasteiger charge is -2.35. The van der Waals surface area contributed by atoms with Gasteiger partial charge in [-0.3, -0.25) is 14.0 Å². The number of aryl methyl sites for hydroxylation is 1. The van der Waals surface area contributed by atoms with E-state index in [9.17, 15) is 18.4 Å². The fourth-order valence-corrected chi connectivity index (χ4v) is 4.73. The number of alkyl halides is 2. The molecular formula is C28H29F2N7O3. The number of fused-ring (bicyclic) bond motifs is 1. The van der Waals surface area contributed by atoms with Crippen LogP contribution in [0.25, 0.3) is 16.9 Å². The van der Waals surface area contributed by atoms with Crippen LogP contribution < -0.4 is 15.8 Å². The molecular weight excluding hydrogens is 520 g/mol. The number of anilines is 2. The molecule has 208 valence electrons. The highest BCUT2D eigenvalue weighted by Gasteiger charge is 2.27. The van der Waals surface area contributed by atoms with Gasteiger partial charge in [0.1, 0.15) is 5.75 Å². The Labute approximate surface area is 229 Å². The number of imidazole rings is 1. The number of ether oxygens (including phenoxy) is 1. The highest BCUT2D eigenvalue weighted by Crippen LogP contribution is 2.28. The summed E-state index contributed by atoms with van der Waals surface area (Å²) in [5, 5.41) is 3.28. The van der Waals surface area contributed by atoms with Gasteiger partial charge < -0.3 is 25.6 Å². The van der Waals surface area contributed by atoms with E-state index < -0.39 is 12.7 Å². The van der Waals surface area contributed by atoms with Gasteiger partial charge >= 0.3 is 6.61 Å². The van der Waals surface area contributed by atoms with Crippen molar-refractivity contribution in [2.75, 3.05) is 31.5 Å². The SMILES string of the molecule is Cc1cc(Nc2nccn3c(-c4ccc(OC(F)F)cc4)cnc23)ccc1C(=O)N1CCN(C(=O)C(C)N)CC1. The third-order valence-electron chi connectivity index (χ3n) is 6.79. The molecule has 1 atom stereocenters. The van der Waals surface area contributed by atoms with E-state index in [2.05, 4.69) is 20.0 Å². The van der Waals surface area contributed by atoms with Crippen molar-refractivity contribution in [3.05, 3.63) is 72.2 Å². The fourth-order valence-electron chi connectivity index (χ4n) is 4.73. The number of carbonyl (C=O) groups excluding carboxylic acids is 2.